The highest BCUT2D eigenvalue weighted by atomic mass is 16.5. The average Bonchev–Trinajstić information content (AvgIpc) is 2.14. The van der Waals surface area contributed by atoms with E-state index in [1.807, 2.05) is 13.8 Å². The summed E-state index contributed by atoms with van der Waals surface area (Å²) in [6, 6.07) is 0.360. The van der Waals surface area contributed by atoms with Crippen molar-refractivity contribution in [2.75, 3.05) is 19.5 Å². The lowest BCUT2D eigenvalue weighted by Crippen LogP contribution is -2.09. The topological polar surface area (TPSA) is 83.2 Å². The molecule has 1 heterocycles. The van der Waals surface area contributed by atoms with Gasteiger partial charge in [-0.15, -0.1) is 4.98 Å². The van der Waals surface area contributed by atoms with Crippen molar-refractivity contribution in [2.45, 2.75) is 13.8 Å². The maximum atomic E-state index is 5.42. The number of nitrogen functional groups attached to an aromatic ring is 1. The SMILES string of the molecule is COc1nc(N)nc(OCC(C)C)n1. The van der Waals surface area contributed by atoms with E-state index in [-0.39, 0.29) is 18.0 Å². The summed E-state index contributed by atoms with van der Waals surface area (Å²) >= 11 is 0. The summed E-state index contributed by atoms with van der Waals surface area (Å²) in [5.41, 5.74) is 5.42. The highest BCUT2D eigenvalue weighted by molar-refractivity contribution is 5.20. The van der Waals surface area contributed by atoms with Gasteiger partial charge in [-0.05, 0) is 5.92 Å². The summed E-state index contributed by atoms with van der Waals surface area (Å²) in [5, 5.41) is 0. The maximum Gasteiger partial charge on any atom is 0.324 e. The monoisotopic (exact) mass is 198 g/mol. The summed E-state index contributed by atoms with van der Waals surface area (Å²) in [4.78, 5) is 11.4. The Hall–Kier alpha value is -1.59. The fourth-order valence-electron chi connectivity index (χ4n) is 0.750. The average molecular weight is 198 g/mol. The van der Waals surface area contributed by atoms with Crippen LogP contribution in [-0.4, -0.2) is 28.7 Å². The molecule has 0 fully saturated rings. The third kappa shape index (κ3) is 3.04. The predicted octanol–water partition coefficient (Wildman–Crippen LogP) is 0.497. The summed E-state index contributed by atoms with van der Waals surface area (Å²) in [6.45, 7) is 4.59. The largest absolute Gasteiger partial charge is 0.467 e. The first-order chi connectivity index (χ1) is 6.61. The number of ether oxygens (including phenoxy) is 2. The molecular formula is C8H14N4O2. The van der Waals surface area contributed by atoms with Crippen LogP contribution >= 0.6 is 0 Å². The van der Waals surface area contributed by atoms with Crippen molar-refractivity contribution in [3.8, 4) is 12.0 Å². The lowest BCUT2D eigenvalue weighted by Gasteiger charge is -2.07. The molecule has 0 saturated carbocycles. The van der Waals surface area contributed by atoms with E-state index in [1.165, 1.54) is 7.11 Å². The molecule has 6 heteroatoms. The van der Waals surface area contributed by atoms with Crippen LogP contribution in [-0.2, 0) is 0 Å². The van der Waals surface area contributed by atoms with Crippen molar-refractivity contribution in [1.82, 2.24) is 15.0 Å². The van der Waals surface area contributed by atoms with Gasteiger partial charge < -0.3 is 15.2 Å². The van der Waals surface area contributed by atoms with Gasteiger partial charge in [-0.25, -0.2) is 0 Å². The first kappa shape index (κ1) is 10.5. The Morgan fingerprint density at radius 3 is 2.43 bits per heavy atom. The molecule has 0 saturated heterocycles. The molecule has 0 spiro atoms. The van der Waals surface area contributed by atoms with Gasteiger partial charge in [0.15, 0.2) is 0 Å². The Balaban J connectivity index is 2.71. The predicted molar refractivity (Wildman–Crippen MR) is 51.1 cm³/mol. The van der Waals surface area contributed by atoms with E-state index in [9.17, 15) is 0 Å². The zero-order valence-electron chi connectivity index (χ0n) is 8.52. The van der Waals surface area contributed by atoms with Gasteiger partial charge in [-0.3, -0.25) is 0 Å². The van der Waals surface area contributed by atoms with Gasteiger partial charge in [-0.1, -0.05) is 13.8 Å². The number of anilines is 1. The zero-order valence-corrected chi connectivity index (χ0v) is 8.52. The van der Waals surface area contributed by atoms with Crippen molar-refractivity contribution in [2.24, 2.45) is 5.92 Å². The summed E-state index contributed by atoms with van der Waals surface area (Å²) in [5.74, 6) is 0.495. The molecule has 0 amide bonds. The molecule has 0 aromatic carbocycles. The third-order valence-electron chi connectivity index (χ3n) is 1.34. The van der Waals surface area contributed by atoms with E-state index in [1.54, 1.807) is 0 Å². The summed E-state index contributed by atoms with van der Waals surface area (Å²) in [6.07, 6.45) is 0. The van der Waals surface area contributed by atoms with E-state index in [2.05, 4.69) is 15.0 Å². The van der Waals surface area contributed by atoms with Gasteiger partial charge in [0.05, 0.1) is 13.7 Å². The van der Waals surface area contributed by atoms with Crippen LogP contribution in [0.25, 0.3) is 0 Å². The molecule has 0 bridgehead atoms. The van der Waals surface area contributed by atoms with Crippen LogP contribution in [0.4, 0.5) is 5.95 Å². The normalized spacial score (nSPS) is 10.3. The van der Waals surface area contributed by atoms with Crippen LogP contribution in [0.2, 0.25) is 0 Å². The van der Waals surface area contributed by atoms with Crippen molar-refractivity contribution in [3.05, 3.63) is 0 Å². The summed E-state index contributed by atoms with van der Waals surface area (Å²) in [7, 11) is 1.46. The fraction of sp³-hybridized carbons (Fsp3) is 0.625. The highest BCUT2D eigenvalue weighted by Crippen LogP contribution is 2.10. The third-order valence-corrected chi connectivity index (χ3v) is 1.34. The van der Waals surface area contributed by atoms with E-state index in [4.69, 9.17) is 15.2 Å². The second-order valence-electron chi connectivity index (χ2n) is 3.17. The lowest BCUT2D eigenvalue weighted by atomic mass is 10.2. The molecule has 2 N–H and O–H groups in total. The molecule has 0 radical (unpaired) electrons. The van der Waals surface area contributed by atoms with E-state index >= 15 is 0 Å². The van der Waals surface area contributed by atoms with Crippen LogP contribution in [0.15, 0.2) is 0 Å². The van der Waals surface area contributed by atoms with Gasteiger partial charge >= 0.3 is 12.0 Å². The molecule has 0 aliphatic rings. The molecular weight excluding hydrogens is 184 g/mol. The Bertz CT molecular complexity index is 303. The molecule has 0 aliphatic heterocycles. The number of nitrogens with zero attached hydrogens (tertiary/aromatic N) is 3. The molecule has 6 nitrogen and oxygen atoms in total. The quantitative estimate of drug-likeness (QED) is 0.758. The minimum atomic E-state index is 0.0932. The number of nitrogens with two attached hydrogens (primary N) is 1. The van der Waals surface area contributed by atoms with Crippen molar-refractivity contribution in [1.29, 1.82) is 0 Å². The van der Waals surface area contributed by atoms with Gasteiger partial charge in [0.25, 0.3) is 0 Å². The molecule has 0 atom stereocenters. The van der Waals surface area contributed by atoms with Crippen LogP contribution in [0.1, 0.15) is 13.8 Å². The van der Waals surface area contributed by atoms with Crippen LogP contribution in [0.5, 0.6) is 12.0 Å². The Kier molecular flexibility index (Phi) is 3.44. The Morgan fingerprint density at radius 1 is 1.21 bits per heavy atom. The molecule has 1 aromatic heterocycles. The lowest BCUT2D eigenvalue weighted by molar-refractivity contribution is 0.245. The molecule has 1 rings (SSSR count). The molecule has 14 heavy (non-hydrogen) atoms. The Morgan fingerprint density at radius 2 is 1.86 bits per heavy atom. The van der Waals surface area contributed by atoms with Gasteiger partial charge in [0.1, 0.15) is 0 Å². The van der Waals surface area contributed by atoms with Crippen LogP contribution in [0, 0.1) is 5.92 Å². The van der Waals surface area contributed by atoms with E-state index < -0.39 is 0 Å². The maximum absolute atomic E-state index is 5.42. The zero-order chi connectivity index (χ0) is 10.6. The molecule has 0 unspecified atom stereocenters. The molecule has 0 aliphatic carbocycles. The minimum Gasteiger partial charge on any atom is -0.467 e. The van der Waals surface area contributed by atoms with Crippen LogP contribution in [0.3, 0.4) is 0 Å². The van der Waals surface area contributed by atoms with Crippen LogP contribution < -0.4 is 15.2 Å². The molecule has 1 aromatic rings. The van der Waals surface area contributed by atoms with Crippen molar-refractivity contribution < 1.29 is 9.47 Å². The number of hydrogen-bond acceptors (Lipinski definition) is 6. The number of rotatable bonds is 4. The van der Waals surface area contributed by atoms with E-state index in [0.29, 0.717) is 12.5 Å². The highest BCUT2D eigenvalue weighted by Gasteiger charge is 2.05. The standard InChI is InChI=1S/C8H14N4O2/c1-5(2)4-14-8-11-6(9)10-7(12-8)13-3/h5H,4H2,1-3H3,(H2,9,10,11,12). The first-order valence-corrected chi connectivity index (χ1v) is 4.30. The number of hydrogen-bond donors (Lipinski definition) is 1. The molecule has 78 valence electrons. The second-order valence-corrected chi connectivity index (χ2v) is 3.17. The minimum absolute atomic E-state index is 0.0932. The van der Waals surface area contributed by atoms with Crippen molar-refractivity contribution >= 4 is 5.95 Å². The fourth-order valence-corrected chi connectivity index (χ4v) is 0.750. The van der Waals surface area contributed by atoms with Crippen molar-refractivity contribution in [3.63, 3.8) is 0 Å². The first-order valence-electron chi connectivity index (χ1n) is 4.30. The smallest absolute Gasteiger partial charge is 0.324 e. The number of methoxy groups -OCH3 is 1. The van der Waals surface area contributed by atoms with Gasteiger partial charge in [0, 0.05) is 0 Å². The van der Waals surface area contributed by atoms with Gasteiger partial charge in [-0.2, -0.15) is 9.97 Å². The van der Waals surface area contributed by atoms with Gasteiger partial charge in [0.2, 0.25) is 5.95 Å². The number of aromatic nitrogens is 3. The Labute approximate surface area is 82.5 Å². The second kappa shape index (κ2) is 4.59. The summed E-state index contributed by atoms with van der Waals surface area (Å²) < 4.78 is 10.1. The van der Waals surface area contributed by atoms with E-state index in [0.717, 1.165) is 0 Å².